The summed E-state index contributed by atoms with van der Waals surface area (Å²) in [6.07, 6.45) is 0. The van der Waals surface area contributed by atoms with Gasteiger partial charge in [0, 0.05) is 4.47 Å². The highest BCUT2D eigenvalue weighted by Gasteiger charge is 2.31. The molecule has 0 saturated carbocycles. The first kappa shape index (κ1) is 11.2. The highest BCUT2D eigenvalue weighted by Crippen LogP contribution is 2.25. The molecule has 0 saturated heterocycles. The molecule has 0 spiro atoms. The summed E-state index contributed by atoms with van der Waals surface area (Å²) < 4.78 is 0.830. The van der Waals surface area contributed by atoms with E-state index in [9.17, 15) is 4.79 Å². The van der Waals surface area contributed by atoms with Crippen LogP contribution in [0.4, 0.5) is 0 Å². The summed E-state index contributed by atoms with van der Waals surface area (Å²) in [5.41, 5.74) is 5.89. The normalized spacial score (nSPS) is 14.9. The zero-order chi connectivity index (χ0) is 10.9. The number of carboxylic acid groups (broad SMARTS) is 1. The van der Waals surface area contributed by atoms with Crippen molar-refractivity contribution in [2.45, 2.75) is 19.4 Å². The first-order valence-corrected chi connectivity index (χ1v) is 4.94. The van der Waals surface area contributed by atoms with Gasteiger partial charge in [0.15, 0.2) is 0 Å². The average Bonchev–Trinajstić information content (AvgIpc) is 2.08. The first-order valence-electron chi connectivity index (χ1n) is 4.14. The van der Waals surface area contributed by atoms with Crippen LogP contribution in [0.2, 0.25) is 0 Å². The molecule has 3 nitrogen and oxygen atoms in total. The van der Waals surface area contributed by atoms with Gasteiger partial charge in [-0.25, -0.2) is 4.79 Å². The predicted molar refractivity (Wildman–Crippen MR) is 58.1 cm³/mol. The van der Waals surface area contributed by atoms with Crippen LogP contribution in [0, 0.1) is 6.92 Å². The third-order valence-corrected chi connectivity index (χ3v) is 2.70. The van der Waals surface area contributed by atoms with Crippen molar-refractivity contribution in [3.8, 4) is 0 Å². The molecule has 1 atom stereocenters. The lowest BCUT2D eigenvalue weighted by Crippen LogP contribution is -2.42. The maximum atomic E-state index is 10.9. The van der Waals surface area contributed by atoms with Crippen LogP contribution in [0.15, 0.2) is 22.7 Å². The minimum absolute atomic E-state index is 0.624. The number of aryl methyl sites for hydroxylation is 1. The Kier molecular flexibility index (Phi) is 2.97. The van der Waals surface area contributed by atoms with Gasteiger partial charge in [-0.2, -0.15) is 0 Å². The zero-order valence-corrected chi connectivity index (χ0v) is 9.63. The van der Waals surface area contributed by atoms with E-state index in [2.05, 4.69) is 15.9 Å². The molecule has 0 unspecified atom stereocenters. The number of carboxylic acids is 1. The number of hydrogen-bond acceptors (Lipinski definition) is 2. The van der Waals surface area contributed by atoms with Crippen molar-refractivity contribution in [3.05, 3.63) is 33.8 Å². The molecule has 0 aliphatic heterocycles. The summed E-state index contributed by atoms with van der Waals surface area (Å²) in [6, 6.07) is 5.44. The second-order valence-corrected chi connectivity index (χ2v) is 4.38. The van der Waals surface area contributed by atoms with Gasteiger partial charge in [-0.1, -0.05) is 22.0 Å². The van der Waals surface area contributed by atoms with Gasteiger partial charge in [-0.05, 0) is 37.1 Å². The molecule has 76 valence electrons. The van der Waals surface area contributed by atoms with Crippen LogP contribution in [-0.2, 0) is 10.3 Å². The van der Waals surface area contributed by atoms with E-state index in [1.165, 1.54) is 6.92 Å². The molecule has 0 heterocycles. The Balaban J connectivity index is 3.31. The van der Waals surface area contributed by atoms with E-state index in [-0.39, 0.29) is 0 Å². The Morgan fingerprint density at radius 2 is 2.14 bits per heavy atom. The molecule has 0 fully saturated rings. The molecule has 14 heavy (non-hydrogen) atoms. The average molecular weight is 258 g/mol. The number of carbonyl (C=O) groups is 1. The van der Waals surface area contributed by atoms with Crippen molar-refractivity contribution < 1.29 is 9.90 Å². The van der Waals surface area contributed by atoms with Gasteiger partial charge < -0.3 is 10.8 Å². The Bertz CT molecular complexity index is 374. The summed E-state index contributed by atoms with van der Waals surface area (Å²) in [5, 5.41) is 8.97. The third kappa shape index (κ3) is 1.96. The van der Waals surface area contributed by atoms with E-state index in [1.807, 2.05) is 19.1 Å². The van der Waals surface area contributed by atoms with E-state index in [0.29, 0.717) is 5.56 Å². The Morgan fingerprint density at radius 1 is 1.57 bits per heavy atom. The lowest BCUT2D eigenvalue weighted by atomic mass is 9.90. The molecular formula is C10H12BrNO2. The van der Waals surface area contributed by atoms with Crippen LogP contribution >= 0.6 is 15.9 Å². The van der Waals surface area contributed by atoms with Crippen LogP contribution in [0.5, 0.6) is 0 Å². The lowest BCUT2D eigenvalue weighted by Gasteiger charge is -2.22. The van der Waals surface area contributed by atoms with Crippen molar-refractivity contribution in [1.29, 1.82) is 0 Å². The van der Waals surface area contributed by atoms with E-state index >= 15 is 0 Å². The topological polar surface area (TPSA) is 63.3 Å². The van der Waals surface area contributed by atoms with Crippen LogP contribution < -0.4 is 5.73 Å². The molecule has 1 aromatic carbocycles. The van der Waals surface area contributed by atoms with Gasteiger partial charge >= 0.3 is 5.97 Å². The first-order chi connectivity index (χ1) is 6.35. The van der Waals surface area contributed by atoms with E-state index in [1.54, 1.807) is 6.07 Å². The molecular weight excluding hydrogens is 246 g/mol. The molecule has 0 aliphatic carbocycles. The number of halogens is 1. The maximum absolute atomic E-state index is 10.9. The van der Waals surface area contributed by atoms with Crippen molar-refractivity contribution in [1.82, 2.24) is 0 Å². The fourth-order valence-corrected chi connectivity index (χ4v) is 1.63. The Morgan fingerprint density at radius 3 is 2.64 bits per heavy atom. The van der Waals surface area contributed by atoms with E-state index < -0.39 is 11.5 Å². The van der Waals surface area contributed by atoms with Crippen LogP contribution in [0.25, 0.3) is 0 Å². The molecule has 1 rings (SSSR count). The molecule has 0 aliphatic rings. The largest absolute Gasteiger partial charge is 0.480 e. The quantitative estimate of drug-likeness (QED) is 0.852. The number of rotatable bonds is 2. The Hall–Kier alpha value is -0.870. The summed E-state index contributed by atoms with van der Waals surface area (Å²) in [6.45, 7) is 3.33. The monoisotopic (exact) mass is 257 g/mol. The van der Waals surface area contributed by atoms with Crippen LogP contribution in [0.3, 0.4) is 0 Å². The van der Waals surface area contributed by atoms with Crippen molar-refractivity contribution in [3.63, 3.8) is 0 Å². The lowest BCUT2D eigenvalue weighted by molar-refractivity contribution is -0.143. The third-order valence-electron chi connectivity index (χ3n) is 2.20. The van der Waals surface area contributed by atoms with Crippen molar-refractivity contribution in [2.24, 2.45) is 5.73 Å². The summed E-state index contributed by atoms with van der Waals surface area (Å²) >= 11 is 3.29. The molecule has 3 N–H and O–H groups in total. The van der Waals surface area contributed by atoms with Gasteiger partial charge in [-0.15, -0.1) is 0 Å². The molecule has 0 bridgehead atoms. The van der Waals surface area contributed by atoms with E-state index in [4.69, 9.17) is 10.8 Å². The minimum atomic E-state index is -1.34. The summed E-state index contributed by atoms with van der Waals surface area (Å²) in [5.74, 6) is -1.03. The van der Waals surface area contributed by atoms with Crippen LogP contribution in [-0.4, -0.2) is 11.1 Å². The number of benzene rings is 1. The second kappa shape index (κ2) is 3.71. The highest BCUT2D eigenvalue weighted by molar-refractivity contribution is 9.10. The fraction of sp³-hybridized carbons (Fsp3) is 0.300. The molecule has 1 aromatic rings. The smallest absolute Gasteiger partial charge is 0.328 e. The van der Waals surface area contributed by atoms with Gasteiger partial charge in [-0.3, -0.25) is 0 Å². The van der Waals surface area contributed by atoms with Gasteiger partial charge in [0.05, 0.1) is 0 Å². The molecule has 0 aromatic heterocycles. The maximum Gasteiger partial charge on any atom is 0.328 e. The fourth-order valence-electron chi connectivity index (χ4n) is 1.27. The minimum Gasteiger partial charge on any atom is -0.480 e. The number of aliphatic carboxylic acids is 1. The predicted octanol–water partition coefficient (Wildman–Crippen LogP) is 2.02. The Labute approximate surface area is 91.1 Å². The molecule has 0 radical (unpaired) electrons. The van der Waals surface area contributed by atoms with E-state index in [0.717, 1.165) is 10.0 Å². The number of nitrogens with two attached hydrogens (primary N) is 1. The zero-order valence-electron chi connectivity index (χ0n) is 8.04. The summed E-state index contributed by atoms with van der Waals surface area (Å²) in [7, 11) is 0. The molecule has 0 amide bonds. The number of hydrogen-bond donors (Lipinski definition) is 2. The highest BCUT2D eigenvalue weighted by atomic mass is 79.9. The standard InChI is InChI=1S/C10H12BrNO2/c1-6-3-4-7(11)5-8(6)10(2,12)9(13)14/h3-5H,12H2,1-2H3,(H,13,14)/t10-/m0/s1. The molecule has 4 heteroatoms. The van der Waals surface area contributed by atoms with Crippen molar-refractivity contribution >= 4 is 21.9 Å². The van der Waals surface area contributed by atoms with Gasteiger partial charge in [0.25, 0.3) is 0 Å². The van der Waals surface area contributed by atoms with Crippen LogP contribution in [0.1, 0.15) is 18.1 Å². The SMILES string of the molecule is Cc1ccc(Br)cc1[C@](C)(N)C(=O)O. The van der Waals surface area contributed by atoms with Gasteiger partial charge in [0.1, 0.15) is 5.54 Å². The van der Waals surface area contributed by atoms with Crippen molar-refractivity contribution in [2.75, 3.05) is 0 Å². The summed E-state index contributed by atoms with van der Waals surface area (Å²) in [4.78, 5) is 10.9. The second-order valence-electron chi connectivity index (χ2n) is 3.47. The van der Waals surface area contributed by atoms with Gasteiger partial charge in [0.2, 0.25) is 0 Å².